The van der Waals surface area contributed by atoms with E-state index in [9.17, 15) is 9.50 Å². The van der Waals surface area contributed by atoms with Crippen LogP contribution >= 0.6 is 36.4 Å². The first-order valence-electron chi connectivity index (χ1n) is 8.40. The Bertz CT molecular complexity index is 683. The molecule has 1 saturated heterocycles. The average molecular weight is 438 g/mol. The van der Waals surface area contributed by atoms with Crippen molar-refractivity contribution in [2.24, 2.45) is 0 Å². The molecule has 1 atom stereocenters. The van der Waals surface area contributed by atoms with Crippen LogP contribution in [0.2, 0.25) is 5.02 Å². The molecule has 150 valence electrons. The quantitative estimate of drug-likeness (QED) is 0.744. The Balaban J connectivity index is 0.00000182. The van der Waals surface area contributed by atoms with Gasteiger partial charge in [-0.3, -0.25) is 4.90 Å². The molecule has 1 aliphatic rings. The molecule has 1 unspecified atom stereocenters. The number of nitrogens with zero attached hydrogens (tertiary/aromatic N) is 2. The van der Waals surface area contributed by atoms with Gasteiger partial charge in [0.05, 0.1) is 5.02 Å². The maximum absolute atomic E-state index is 13.0. The van der Waals surface area contributed by atoms with Crippen LogP contribution in [0.3, 0.4) is 0 Å². The van der Waals surface area contributed by atoms with Crippen LogP contribution in [0.5, 0.6) is 5.75 Å². The zero-order valence-electron chi connectivity index (χ0n) is 14.8. The maximum Gasteiger partial charge on any atom is 0.138 e. The van der Waals surface area contributed by atoms with Crippen LogP contribution in [0.15, 0.2) is 48.5 Å². The van der Waals surface area contributed by atoms with Gasteiger partial charge in [-0.25, -0.2) is 4.39 Å². The minimum atomic E-state index is -0.575. The lowest BCUT2D eigenvalue weighted by molar-refractivity contribution is 0.0663. The number of benzene rings is 2. The van der Waals surface area contributed by atoms with Gasteiger partial charge in [0.1, 0.15) is 24.3 Å². The highest BCUT2D eigenvalue weighted by atomic mass is 35.5. The van der Waals surface area contributed by atoms with Gasteiger partial charge < -0.3 is 14.7 Å². The monoisotopic (exact) mass is 436 g/mol. The summed E-state index contributed by atoms with van der Waals surface area (Å²) in [6.07, 6.45) is -0.575. The Morgan fingerprint density at radius 1 is 1.00 bits per heavy atom. The zero-order valence-corrected chi connectivity index (χ0v) is 17.2. The van der Waals surface area contributed by atoms with Gasteiger partial charge in [-0.15, -0.1) is 24.8 Å². The molecular formula is C19H24Cl3FN2O2. The highest BCUT2D eigenvalue weighted by molar-refractivity contribution is 6.32. The topological polar surface area (TPSA) is 35.9 Å². The summed E-state index contributed by atoms with van der Waals surface area (Å²) < 4.78 is 18.6. The van der Waals surface area contributed by atoms with Crippen molar-refractivity contribution in [1.82, 2.24) is 4.90 Å². The molecular weight excluding hydrogens is 414 g/mol. The van der Waals surface area contributed by atoms with Crippen LogP contribution in [-0.4, -0.2) is 55.4 Å². The fraction of sp³-hybridized carbons (Fsp3) is 0.368. The van der Waals surface area contributed by atoms with E-state index in [1.807, 2.05) is 12.1 Å². The summed E-state index contributed by atoms with van der Waals surface area (Å²) in [6.45, 7) is 4.16. The molecule has 0 bridgehead atoms. The molecule has 0 amide bonds. The number of anilines is 1. The van der Waals surface area contributed by atoms with E-state index < -0.39 is 6.10 Å². The smallest absolute Gasteiger partial charge is 0.138 e. The molecule has 3 rings (SSSR count). The van der Waals surface area contributed by atoms with Crippen molar-refractivity contribution in [3.8, 4) is 5.75 Å². The number of β-amino-alcohol motifs (C(OH)–C–C–N with tert-alkyl or cyclic N) is 1. The van der Waals surface area contributed by atoms with Crippen LogP contribution in [0.1, 0.15) is 0 Å². The minimum absolute atomic E-state index is 0. The van der Waals surface area contributed by atoms with E-state index in [0.29, 0.717) is 17.3 Å². The second-order valence-corrected chi connectivity index (χ2v) is 6.57. The fourth-order valence-electron chi connectivity index (χ4n) is 2.94. The van der Waals surface area contributed by atoms with Crippen molar-refractivity contribution >= 4 is 42.1 Å². The molecule has 8 heteroatoms. The third-order valence-electron chi connectivity index (χ3n) is 4.30. The third kappa shape index (κ3) is 7.01. The van der Waals surface area contributed by atoms with Gasteiger partial charge in [0.25, 0.3) is 0 Å². The third-order valence-corrected chi connectivity index (χ3v) is 4.61. The van der Waals surface area contributed by atoms with Crippen molar-refractivity contribution in [3.63, 3.8) is 0 Å². The van der Waals surface area contributed by atoms with Gasteiger partial charge in [-0.2, -0.15) is 0 Å². The van der Waals surface area contributed by atoms with E-state index in [1.54, 1.807) is 24.3 Å². The number of para-hydroxylation sites is 1. The van der Waals surface area contributed by atoms with Gasteiger partial charge in [-0.1, -0.05) is 23.7 Å². The zero-order chi connectivity index (χ0) is 17.6. The molecule has 0 spiro atoms. The molecule has 0 aliphatic carbocycles. The van der Waals surface area contributed by atoms with Crippen molar-refractivity contribution in [2.75, 3.05) is 44.2 Å². The average Bonchev–Trinajstić information content (AvgIpc) is 2.62. The molecule has 1 aliphatic heterocycles. The number of aliphatic hydroxyl groups excluding tert-OH is 1. The number of aliphatic hydroxyl groups is 1. The lowest BCUT2D eigenvalue weighted by Crippen LogP contribution is -2.49. The van der Waals surface area contributed by atoms with E-state index in [2.05, 4.69) is 9.80 Å². The van der Waals surface area contributed by atoms with Crippen molar-refractivity contribution < 1.29 is 14.2 Å². The Hall–Kier alpha value is -1.24. The van der Waals surface area contributed by atoms with Crippen LogP contribution in [0, 0.1) is 5.82 Å². The Morgan fingerprint density at radius 3 is 2.26 bits per heavy atom. The molecule has 2 aromatic carbocycles. The maximum atomic E-state index is 13.0. The summed E-state index contributed by atoms with van der Waals surface area (Å²) in [5, 5.41) is 10.7. The number of hydrogen-bond donors (Lipinski definition) is 1. The Kier molecular flexibility index (Phi) is 10.2. The first-order valence-corrected chi connectivity index (χ1v) is 8.78. The van der Waals surface area contributed by atoms with Crippen LogP contribution < -0.4 is 9.64 Å². The number of halogens is 4. The van der Waals surface area contributed by atoms with E-state index >= 15 is 0 Å². The summed E-state index contributed by atoms with van der Waals surface area (Å²) in [5.41, 5.74) is 1.03. The number of ether oxygens (including phenoxy) is 1. The summed E-state index contributed by atoms with van der Waals surface area (Å²) in [5.74, 6) is 0.369. The molecule has 27 heavy (non-hydrogen) atoms. The normalized spacial score (nSPS) is 15.4. The van der Waals surface area contributed by atoms with E-state index in [-0.39, 0.29) is 37.2 Å². The number of hydrogen-bond acceptors (Lipinski definition) is 4. The van der Waals surface area contributed by atoms with Crippen molar-refractivity contribution in [2.45, 2.75) is 6.10 Å². The molecule has 1 N–H and O–H groups in total. The lowest BCUT2D eigenvalue weighted by atomic mass is 10.2. The first-order chi connectivity index (χ1) is 12.1. The minimum Gasteiger partial charge on any atom is -0.489 e. The van der Waals surface area contributed by atoms with Gasteiger partial charge in [0, 0.05) is 38.4 Å². The van der Waals surface area contributed by atoms with Gasteiger partial charge >= 0.3 is 0 Å². The summed E-state index contributed by atoms with van der Waals surface area (Å²) in [4.78, 5) is 4.43. The van der Waals surface area contributed by atoms with E-state index in [0.717, 1.165) is 31.9 Å². The standard InChI is InChI=1S/C19H22ClFN2O2.2ClH/c20-18-3-1-2-4-19(18)25-14-17(24)13-22-9-11-23(12-10-22)16-7-5-15(21)6-8-16;;/h1-8,17,24H,9-14H2;2*1H. The molecule has 4 nitrogen and oxygen atoms in total. The SMILES string of the molecule is Cl.Cl.OC(COc1ccccc1Cl)CN1CCN(c2ccc(F)cc2)CC1. The van der Waals surface area contributed by atoms with E-state index in [4.69, 9.17) is 16.3 Å². The molecule has 2 aromatic rings. The van der Waals surface area contributed by atoms with Gasteiger partial charge in [0.2, 0.25) is 0 Å². The van der Waals surface area contributed by atoms with Gasteiger partial charge in [-0.05, 0) is 36.4 Å². The van der Waals surface area contributed by atoms with Gasteiger partial charge in [0.15, 0.2) is 0 Å². The first kappa shape index (κ1) is 23.8. The fourth-order valence-corrected chi connectivity index (χ4v) is 3.13. The highest BCUT2D eigenvalue weighted by Gasteiger charge is 2.20. The molecule has 1 fully saturated rings. The van der Waals surface area contributed by atoms with Crippen molar-refractivity contribution in [3.05, 3.63) is 59.4 Å². The van der Waals surface area contributed by atoms with Crippen LogP contribution in [0.25, 0.3) is 0 Å². The number of rotatable bonds is 6. The number of piperazine rings is 1. The van der Waals surface area contributed by atoms with Crippen LogP contribution in [-0.2, 0) is 0 Å². The molecule has 1 heterocycles. The summed E-state index contributed by atoms with van der Waals surface area (Å²) in [6, 6.07) is 13.8. The highest BCUT2D eigenvalue weighted by Crippen LogP contribution is 2.23. The van der Waals surface area contributed by atoms with E-state index in [1.165, 1.54) is 12.1 Å². The second kappa shape index (κ2) is 11.6. The second-order valence-electron chi connectivity index (χ2n) is 6.16. The van der Waals surface area contributed by atoms with Crippen LogP contribution in [0.4, 0.5) is 10.1 Å². The lowest BCUT2D eigenvalue weighted by Gasteiger charge is -2.36. The largest absolute Gasteiger partial charge is 0.489 e. The predicted molar refractivity (Wildman–Crippen MR) is 113 cm³/mol. The molecule has 0 radical (unpaired) electrons. The summed E-state index contributed by atoms with van der Waals surface area (Å²) in [7, 11) is 0. The summed E-state index contributed by atoms with van der Waals surface area (Å²) >= 11 is 6.04. The molecule has 0 saturated carbocycles. The Labute approximate surface area is 176 Å². The predicted octanol–water partition coefficient (Wildman–Crippen LogP) is 3.88. The molecule has 0 aromatic heterocycles. The van der Waals surface area contributed by atoms with Crippen molar-refractivity contribution in [1.29, 1.82) is 0 Å². The Morgan fingerprint density at radius 2 is 1.63 bits per heavy atom.